The minimum Gasteiger partial charge on any atom is -0.410 e. The maximum Gasteiger partial charge on any atom is 0.417 e. The summed E-state index contributed by atoms with van der Waals surface area (Å²) in [6, 6.07) is 12.1. The highest BCUT2D eigenvalue weighted by molar-refractivity contribution is 7.98. The zero-order valence-electron chi connectivity index (χ0n) is 10.5. The number of benzene rings is 2. The number of hydrogen-bond donors (Lipinski definition) is 1. The Hall–Kier alpha value is -1.36. The van der Waals surface area contributed by atoms with Crippen molar-refractivity contribution in [2.75, 3.05) is 11.6 Å². The number of carbonyl (C=O) groups is 1. The first-order valence-electron chi connectivity index (χ1n) is 5.66. The van der Waals surface area contributed by atoms with Gasteiger partial charge in [0.25, 0.3) is 0 Å². The lowest BCUT2D eigenvalue weighted by Gasteiger charge is -2.07. The van der Waals surface area contributed by atoms with Gasteiger partial charge in [0.2, 0.25) is 0 Å². The van der Waals surface area contributed by atoms with Gasteiger partial charge >= 0.3 is 6.09 Å². The van der Waals surface area contributed by atoms with Crippen molar-refractivity contribution in [3.63, 3.8) is 0 Å². The van der Waals surface area contributed by atoms with Gasteiger partial charge in [0.05, 0.1) is 10.0 Å². The third kappa shape index (κ3) is 4.07. The van der Waals surface area contributed by atoms with E-state index in [0.29, 0.717) is 21.5 Å². The summed E-state index contributed by atoms with van der Waals surface area (Å²) in [5.74, 6) is 0.331. The van der Waals surface area contributed by atoms with Gasteiger partial charge in [-0.15, -0.1) is 11.8 Å². The van der Waals surface area contributed by atoms with Crippen LogP contribution in [0.4, 0.5) is 10.5 Å². The molecule has 2 aromatic carbocycles. The van der Waals surface area contributed by atoms with Gasteiger partial charge in [-0.3, -0.25) is 5.32 Å². The summed E-state index contributed by atoms with van der Waals surface area (Å²) in [5, 5.41) is 3.37. The molecule has 6 heteroatoms. The minimum absolute atomic E-state index is 0.331. The molecule has 1 amide bonds. The molecule has 2 rings (SSSR count). The Morgan fingerprint density at radius 1 is 1.10 bits per heavy atom. The molecule has 0 aliphatic rings. The van der Waals surface area contributed by atoms with Gasteiger partial charge in [0, 0.05) is 16.6 Å². The molecule has 0 aromatic heterocycles. The molecule has 0 aliphatic heterocycles. The van der Waals surface area contributed by atoms with Gasteiger partial charge in [0.15, 0.2) is 0 Å². The maximum absolute atomic E-state index is 11.7. The third-order valence-corrected chi connectivity index (χ3v) is 3.92. The van der Waals surface area contributed by atoms with Crippen LogP contribution in [-0.2, 0) is 0 Å². The zero-order chi connectivity index (χ0) is 14.5. The van der Waals surface area contributed by atoms with Crippen LogP contribution in [0.15, 0.2) is 47.4 Å². The van der Waals surface area contributed by atoms with Gasteiger partial charge in [-0.2, -0.15) is 0 Å². The average molecular weight is 328 g/mol. The Labute approximate surface area is 131 Å². The molecule has 104 valence electrons. The van der Waals surface area contributed by atoms with Crippen molar-refractivity contribution in [2.45, 2.75) is 4.90 Å². The van der Waals surface area contributed by atoms with Crippen LogP contribution < -0.4 is 10.1 Å². The molecule has 0 saturated carbocycles. The Morgan fingerprint density at radius 2 is 1.80 bits per heavy atom. The number of hydrogen-bond acceptors (Lipinski definition) is 3. The Bertz CT molecular complexity index is 617. The fourth-order valence-electron chi connectivity index (χ4n) is 1.47. The van der Waals surface area contributed by atoms with Crippen molar-refractivity contribution in [1.82, 2.24) is 0 Å². The molecule has 2 aromatic rings. The van der Waals surface area contributed by atoms with Gasteiger partial charge in [-0.05, 0) is 42.7 Å². The summed E-state index contributed by atoms with van der Waals surface area (Å²) in [4.78, 5) is 12.8. The fourth-order valence-corrected chi connectivity index (χ4v) is 2.16. The van der Waals surface area contributed by atoms with Crippen LogP contribution in [0.1, 0.15) is 0 Å². The molecule has 0 unspecified atom stereocenters. The Morgan fingerprint density at radius 3 is 2.40 bits per heavy atom. The van der Waals surface area contributed by atoms with E-state index in [0.717, 1.165) is 4.90 Å². The molecule has 0 aliphatic carbocycles. The average Bonchev–Trinajstić information content (AvgIpc) is 2.44. The van der Waals surface area contributed by atoms with Crippen molar-refractivity contribution < 1.29 is 9.53 Å². The second-order valence-electron chi connectivity index (χ2n) is 3.82. The van der Waals surface area contributed by atoms with Crippen molar-refractivity contribution in [1.29, 1.82) is 0 Å². The Kier molecular flexibility index (Phi) is 5.17. The van der Waals surface area contributed by atoms with Crippen LogP contribution in [0.25, 0.3) is 0 Å². The molecule has 20 heavy (non-hydrogen) atoms. The van der Waals surface area contributed by atoms with Crippen LogP contribution in [0, 0.1) is 0 Å². The second-order valence-corrected chi connectivity index (χ2v) is 5.51. The Balaban J connectivity index is 1.99. The minimum atomic E-state index is -0.583. The van der Waals surface area contributed by atoms with Crippen LogP contribution in [0.5, 0.6) is 5.75 Å². The summed E-state index contributed by atoms with van der Waals surface area (Å²) in [6.45, 7) is 0. The number of nitrogens with one attached hydrogen (secondary N) is 1. The number of carbonyl (C=O) groups excluding carboxylic acids is 1. The predicted molar refractivity (Wildman–Crippen MR) is 84.3 cm³/mol. The summed E-state index contributed by atoms with van der Waals surface area (Å²) in [6.07, 6.45) is 1.40. The summed E-state index contributed by atoms with van der Waals surface area (Å²) < 4.78 is 5.11. The monoisotopic (exact) mass is 327 g/mol. The molecule has 0 heterocycles. The van der Waals surface area contributed by atoms with Crippen molar-refractivity contribution >= 4 is 46.7 Å². The van der Waals surface area contributed by atoms with E-state index in [9.17, 15) is 4.79 Å². The first kappa shape index (κ1) is 15.0. The van der Waals surface area contributed by atoms with Crippen LogP contribution in [-0.4, -0.2) is 12.3 Å². The molecular formula is C14H11Cl2NO2S. The standard InChI is InChI=1S/C14H11Cl2NO2S/c1-20-11-5-2-9(3-6-11)17-14(18)19-10-4-7-12(15)13(16)8-10/h2-8H,1H3,(H,17,18). The number of amides is 1. The zero-order valence-corrected chi connectivity index (χ0v) is 12.9. The van der Waals surface area contributed by atoms with E-state index in [4.69, 9.17) is 27.9 Å². The number of anilines is 1. The topological polar surface area (TPSA) is 38.3 Å². The van der Waals surface area contributed by atoms with E-state index in [1.165, 1.54) is 6.07 Å². The van der Waals surface area contributed by atoms with E-state index >= 15 is 0 Å². The number of thioether (sulfide) groups is 1. The molecule has 0 saturated heterocycles. The number of rotatable bonds is 3. The molecule has 0 spiro atoms. The van der Waals surface area contributed by atoms with Gasteiger partial charge in [0.1, 0.15) is 5.75 Å². The van der Waals surface area contributed by atoms with Gasteiger partial charge < -0.3 is 4.74 Å². The van der Waals surface area contributed by atoms with Gasteiger partial charge in [-0.25, -0.2) is 4.79 Å². The molecule has 1 N–H and O–H groups in total. The normalized spacial score (nSPS) is 10.2. The summed E-state index contributed by atoms with van der Waals surface area (Å²) in [7, 11) is 0. The van der Waals surface area contributed by atoms with Crippen LogP contribution in [0.2, 0.25) is 10.0 Å². The maximum atomic E-state index is 11.7. The third-order valence-electron chi connectivity index (χ3n) is 2.44. The van der Waals surface area contributed by atoms with E-state index < -0.39 is 6.09 Å². The number of halogens is 2. The molecule has 0 fully saturated rings. The molecule has 0 atom stereocenters. The van der Waals surface area contributed by atoms with Gasteiger partial charge in [-0.1, -0.05) is 23.2 Å². The van der Waals surface area contributed by atoms with Crippen molar-refractivity contribution in [3.05, 3.63) is 52.5 Å². The van der Waals surface area contributed by atoms with E-state index in [1.807, 2.05) is 30.5 Å². The quantitative estimate of drug-likeness (QED) is 0.774. The molecule has 0 radical (unpaired) electrons. The van der Waals surface area contributed by atoms with Crippen molar-refractivity contribution in [3.8, 4) is 5.75 Å². The highest BCUT2D eigenvalue weighted by atomic mass is 35.5. The SMILES string of the molecule is CSc1ccc(NC(=O)Oc2ccc(Cl)c(Cl)c2)cc1. The summed E-state index contributed by atoms with van der Waals surface area (Å²) >= 11 is 13.3. The van der Waals surface area contributed by atoms with Crippen LogP contribution in [0.3, 0.4) is 0 Å². The molecule has 3 nitrogen and oxygen atoms in total. The highest BCUT2D eigenvalue weighted by Gasteiger charge is 2.07. The highest BCUT2D eigenvalue weighted by Crippen LogP contribution is 2.26. The number of ether oxygens (including phenoxy) is 1. The second kappa shape index (κ2) is 6.88. The molecule has 0 bridgehead atoms. The lowest BCUT2D eigenvalue weighted by atomic mass is 10.3. The predicted octanol–water partition coefficient (Wildman–Crippen LogP) is 5.33. The summed E-state index contributed by atoms with van der Waals surface area (Å²) in [5.41, 5.74) is 0.660. The smallest absolute Gasteiger partial charge is 0.410 e. The fraction of sp³-hybridized carbons (Fsp3) is 0.0714. The first-order chi connectivity index (χ1) is 9.58. The largest absolute Gasteiger partial charge is 0.417 e. The van der Waals surface area contributed by atoms with Crippen molar-refractivity contribution in [2.24, 2.45) is 0 Å². The van der Waals surface area contributed by atoms with Crippen LogP contribution >= 0.6 is 35.0 Å². The first-order valence-corrected chi connectivity index (χ1v) is 7.64. The van der Waals surface area contributed by atoms with E-state index in [-0.39, 0.29) is 0 Å². The lowest BCUT2D eigenvalue weighted by molar-refractivity contribution is 0.215. The molecular weight excluding hydrogens is 317 g/mol. The van der Waals surface area contributed by atoms with E-state index in [2.05, 4.69) is 5.32 Å². The van der Waals surface area contributed by atoms with E-state index in [1.54, 1.807) is 23.9 Å². The lowest BCUT2D eigenvalue weighted by Crippen LogP contribution is -2.16.